The van der Waals surface area contributed by atoms with E-state index < -0.39 is 0 Å². The molecule has 0 radical (unpaired) electrons. The Balaban J connectivity index is 2.59. The van der Waals surface area contributed by atoms with E-state index in [4.69, 9.17) is 0 Å². The fourth-order valence-corrected chi connectivity index (χ4v) is 1.88. The van der Waals surface area contributed by atoms with E-state index in [0.717, 1.165) is 21.8 Å². The molecule has 4 heteroatoms. The van der Waals surface area contributed by atoms with Gasteiger partial charge >= 0.3 is 0 Å². The van der Waals surface area contributed by atoms with Crippen molar-refractivity contribution < 1.29 is 0 Å². The second kappa shape index (κ2) is 3.06. The normalized spacial score (nSPS) is 11.0. The van der Waals surface area contributed by atoms with Crippen molar-refractivity contribution in [3.63, 3.8) is 0 Å². The van der Waals surface area contributed by atoms with Crippen LogP contribution in [0.3, 0.4) is 0 Å². The molecule has 3 rings (SSSR count). The summed E-state index contributed by atoms with van der Waals surface area (Å²) in [5.41, 5.74) is 1.28. The molecular formula is C12H8N2O2. The number of pyridine rings is 2. The number of H-pyrrole nitrogens is 2. The van der Waals surface area contributed by atoms with Crippen LogP contribution in [0.1, 0.15) is 0 Å². The summed E-state index contributed by atoms with van der Waals surface area (Å²) < 4.78 is 0. The summed E-state index contributed by atoms with van der Waals surface area (Å²) in [5, 5.41) is 1.85. The molecule has 1 aromatic carbocycles. The van der Waals surface area contributed by atoms with Crippen LogP contribution in [0.4, 0.5) is 0 Å². The van der Waals surface area contributed by atoms with Crippen molar-refractivity contribution in [2.75, 3.05) is 0 Å². The zero-order chi connectivity index (χ0) is 11.1. The number of benzene rings is 1. The molecule has 0 bridgehead atoms. The zero-order valence-electron chi connectivity index (χ0n) is 8.28. The Morgan fingerprint density at radius 1 is 0.625 bits per heavy atom. The highest BCUT2D eigenvalue weighted by atomic mass is 16.1. The topological polar surface area (TPSA) is 65.7 Å². The van der Waals surface area contributed by atoms with E-state index in [0.29, 0.717) is 0 Å². The number of fused-ring (bicyclic) bond motifs is 3. The fourth-order valence-electron chi connectivity index (χ4n) is 1.88. The Labute approximate surface area is 89.6 Å². The molecule has 0 saturated heterocycles. The van der Waals surface area contributed by atoms with Crippen LogP contribution in [0.2, 0.25) is 0 Å². The highest BCUT2D eigenvalue weighted by Gasteiger charge is 2.01. The van der Waals surface area contributed by atoms with Gasteiger partial charge in [0.15, 0.2) is 0 Å². The summed E-state index contributed by atoms with van der Waals surface area (Å²) in [4.78, 5) is 27.8. The van der Waals surface area contributed by atoms with Crippen LogP contribution in [-0.2, 0) is 0 Å². The molecule has 78 valence electrons. The van der Waals surface area contributed by atoms with E-state index >= 15 is 0 Å². The molecule has 0 aliphatic carbocycles. The predicted octanol–water partition coefficient (Wildman–Crippen LogP) is 1.37. The van der Waals surface area contributed by atoms with E-state index in [2.05, 4.69) is 9.97 Å². The van der Waals surface area contributed by atoms with Crippen molar-refractivity contribution in [3.8, 4) is 0 Å². The maximum absolute atomic E-state index is 11.2. The van der Waals surface area contributed by atoms with Crippen molar-refractivity contribution >= 4 is 21.8 Å². The van der Waals surface area contributed by atoms with Crippen molar-refractivity contribution in [3.05, 3.63) is 57.1 Å². The number of hydrogen-bond acceptors (Lipinski definition) is 2. The van der Waals surface area contributed by atoms with Crippen LogP contribution in [0.15, 0.2) is 46.0 Å². The van der Waals surface area contributed by atoms with Gasteiger partial charge in [0.25, 0.3) is 0 Å². The molecule has 0 amide bonds. The van der Waals surface area contributed by atoms with E-state index in [-0.39, 0.29) is 11.1 Å². The molecule has 0 aliphatic heterocycles. The van der Waals surface area contributed by atoms with Gasteiger partial charge < -0.3 is 9.97 Å². The van der Waals surface area contributed by atoms with E-state index in [1.807, 2.05) is 0 Å². The Morgan fingerprint density at radius 2 is 1.06 bits per heavy atom. The summed E-state index contributed by atoms with van der Waals surface area (Å²) in [7, 11) is 0. The summed E-state index contributed by atoms with van der Waals surface area (Å²) in [5.74, 6) is 0. The third kappa shape index (κ3) is 1.24. The monoisotopic (exact) mass is 212 g/mol. The average Bonchev–Trinajstić information content (AvgIpc) is 2.28. The van der Waals surface area contributed by atoms with Crippen LogP contribution in [0, 0.1) is 0 Å². The Morgan fingerprint density at radius 3 is 1.50 bits per heavy atom. The number of rotatable bonds is 0. The van der Waals surface area contributed by atoms with E-state index in [1.54, 1.807) is 24.3 Å². The van der Waals surface area contributed by atoms with Gasteiger partial charge in [0.2, 0.25) is 11.1 Å². The number of aromatic nitrogens is 2. The summed E-state index contributed by atoms with van der Waals surface area (Å²) in [6, 6.07) is 10.0. The van der Waals surface area contributed by atoms with Crippen LogP contribution in [-0.4, -0.2) is 9.97 Å². The van der Waals surface area contributed by atoms with Gasteiger partial charge in [0.05, 0.1) is 0 Å². The molecule has 0 spiro atoms. The lowest BCUT2D eigenvalue weighted by Crippen LogP contribution is -2.05. The minimum Gasteiger partial charge on any atom is -0.322 e. The van der Waals surface area contributed by atoms with Gasteiger partial charge in [-0.3, -0.25) is 9.59 Å². The van der Waals surface area contributed by atoms with Crippen LogP contribution < -0.4 is 11.1 Å². The molecule has 0 saturated carbocycles. The van der Waals surface area contributed by atoms with Gasteiger partial charge in [-0.25, -0.2) is 0 Å². The molecule has 0 unspecified atom stereocenters. The van der Waals surface area contributed by atoms with Gasteiger partial charge in [-0.1, -0.05) is 0 Å². The zero-order valence-corrected chi connectivity index (χ0v) is 8.28. The molecule has 0 atom stereocenters. The van der Waals surface area contributed by atoms with E-state index in [9.17, 15) is 9.59 Å². The third-order valence-electron chi connectivity index (χ3n) is 2.61. The van der Waals surface area contributed by atoms with Crippen molar-refractivity contribution in [2.45, 2.75) is 0 Å². The maximum Gasteiger partial charge on any atom is 0.248 e. The van der Waals surface area contributed by atoms with Crippen molar-refractivity contribution in [1.82, 2.24) is 9.97 Å². The Hall–Kier alpha value is -2.36. The van der Waals surface area contributed by atoms with Gasteiger partial charge in [0.1, 0.15) is 0 Å². The SMILES string of the molecule is O=c1ccc2c(ccc3[nH]c(=O)ccc32)[nH]1. The number of nitrogens with one attached hydrogen (secondary N) is 2. The molecule has 0 aliphatic rings. The molecule has 2 heterocycles. The first-order valence-corrected chi connectivity index (χ1v) is 4.89. The lowest BCUT2D eigenvalue weighted by atomic mass is 10.1. The summed E-state index contributed by atoms with van der Waals surface area (Å²) >= 11 is 0. The Kier molecular flexibility index (Phi) is 1.71. The number of hydrogen-bond donors (Lipinski definition) is 2. The largest absolute Gasteiger partial charge is 0.322 e. The summed E-state index contributed by atoms with van der Waals surface area (Å²) in [6.07, 6.45) is 0. The van der Waals surface area contributed by atoms with Gasteiger partial charge in [0, 0.05) is 33.9 Å². The minimum atomic E-state index is -0.128. The standard InChI is InChI=1S/C12H8N2O2/c15-11-5-1-7-8-2-6-12(16)14-10(8)4-3-9(7)13-11/h1-6H,(H,13,15)(H,14,16). The number of aromatic amines is 2. The molecule has 2 aromatic heterocycles. The highest BCUT2D eigenvalue weighted by Crippen LogP contribution is 2.19. The van der Waals surface area contributed by atoms with Crippen molar-refractivity contribution in [2.24, 2.45) is 0 Å². The lowest BCUT2D eigenvalue weighted by molar-refractivity contribution is 1.29. The van der Waals surface area contributed by atoms with Crippen LogP contribution in [0.25, 0.3) is 21.8 Å². The van der Waals surface area contributed by atoms with Crippen LogP contribution in [0.5, 0.6) is 0 Å². The fraction of sp³-hybridized carbons (Fsp3) is 0. The second-order valence-electron chi connectivity index (χ2n) is 3.63. The van der Waals surface area contributed by atoms with Gasteiger partial charge in [-0.2, -0.15) is 0 Å². The first kappa shape index (κ1) is 8.91. The minimum absolute atomic E-state index is 0.128. The van der Waals surface area contributed by atoms with Gasteiger partial charge in [-0.15, -0.1) is 0 Å². The second-order valence-corrected chi connectivity index (χ2v) is 3.63. The third-order valence-corrected chi connectivity index (χ3v) is 2.61. The molecule has 0 fully saturated rings. The molecule has 16 heavy (non-hydrogen) atoms. The Bertz CT molecular complexity index is 730. The van der Waals surface area contributed by atoms with E-state index in [1.165, 1.54) is 12.1 Å². The first-order valence-electron chi connectivity index (χ1n) is 4.89. The molecule has 4 nitrogen and oxygen atoms in total. The molecular weight excluding hydrogens is 204 g/mol. The van der Waals surface area contributed by atoms with Crippen molar-refractivity contribution in [1.29, 1.82) is 0 Å². The first-order chi connectivity index (χ1) is 7.74. The highest BCUT2D eigenvalue weighted by molar-refractivity contribution is 6.04. The van der Waals surface area contributed by atoms with Crippen LogP contribution >= 0.6 is 0 Å². The molecule has 3 aromatic rings. The maximum atomic E-state index is 11.2. The smallest absolute Gasteiger partial charge is 0.248 e. The quantitative estimate of drug-likeness (QED) is 0.553. The lowest BCUT2D eigenvalue weighted by Gasteiger charge is -2.02. The summed E-state index contributed by atoms with van der Waals surface area (Å²) in [6.45, 7) is 0. The molecule has 2 N–H and O–H groups in total. The van der Waals surface area contributed by atoms with Gasteiger partial charge in [-0.05, 0) is 24.3 Å². The average molecular weight is 212 g/mol. The predicted molar refractivity (Wildman–Crippen MR) is 62.7 cm³/mol.